The number of thiophene rings is 1. The number of nitrogens with one attached hydrogen (secondary N) is 1. The molecule has 0 saturated heterocycles. The minimum atomic E-state index is -0.947. The van der Waals surface area contributed by atoms with Crippen LogP contribution in [0.5, 0.6) is 0 Å². The number of carbonyl (C=O) groups excluding carboxylic acids is 1. The normalized spacial score (nSPS) is 10.1. The highest BCUT2D eigenvalue weighted by molar-refractivity contribution is 7.10. The van der Waals surface area contributed by atoms with Crippen LogP contribution in [0.3, 0.4) is 0 Å². The molecule has 4 nitrogen and oxygen atoms in total. The number of carboxylic acid groups (broad SMARTS) is 1. The lowest BCUT2D eigenvalue weighted by molar-refractivity contribution is -0.138. The van der Waals surface area contributed by atoms with Gasteiger partial charge in [-0.25, -0.2) is 0 Å². The van der Waals surface area contributed by atoms with Gasteiger partial charge < -0.3 is 10.4 Å². The summed E-state index contributed by atoms with van der Waals surface area (Å²) in [6.45, 7) is 4.54. The summed E-state index contributed by atoms with van der Waals surface area (Å²) < 4.78 is 0. The predicted molar refractivity (Wildman–Crippen MR) is 62.5 cm³/mol. The number of amides is 1. The molecule has 0 aliphatic rings. The highest BCUT2D eigenvalue weighted by Crippen LogP contribution is 2.20. The molecule has 0 aliphatic carbocycles. The maximum Gasteiger partial charge on any atom is 0.303 e. The van der Waals surface area contributed by atoms with Gasteiger partial charge >= 0.3 is 5.97 Å². The fraction of sp³-hybridized carbons (Fsp3) is 0.455. The number of carboxylic acids is 1. The summed E-state index contributed by atoms with van der Waals surface area (Å²) in [5, 5.41) is 13.1. The van der Waals surface area contributed by atoms with Gasteiger partial charge in [-0.15, -0.1) is 11.3 Å². The van der Waals surface area contributed by atoms with E-state index in [0.29, 0.717) is 6.54 Å². The Kier molecular flexibility index (Phi) is 4.49. The third-order valence-corrected chi connectivity index (χ3v) is 3.49. The van der Waals surface area contributed by atoms with Gasteiger partial charge in [0.1, 0.15) is 0 Å². The van der Waals surface area contributed by atoms with Gasteiger partial charge in [0, 0.05) is 17.8 Å². The summed E-state index contributed by atoms with van der Waals surface area (Å²) in [5.41, 5.74) is 2.30. The molecule has 0 aliphatic heterocycles. The summed E-state index contributed by atoms with van der Waals surface area (Å²) >= 11 is 1.66. The molecule has 1 amide bonds. The summed E-state index contributed by atoms with van der Waals surface area (Å²) in [5.74, 6) is -1.16. The lowest BCUT2D eigenvalue weighted by Crippen LogP contribution is -2.23. The predicted octanol–water partition coefficient (Wildman–Crippen LogP) is 1.85. The van der Waals surface area contributed by atoms with E-state index in [1.165, 1.54) is 10.4 Å². The third kappa shape index (κ3) is 3.66. The van der Waals surface area contributed by atoms with E-state index in [2.05, 4.69) is 5.32 Å². The van der Waals surface area contributed by atoms with Crippen molar-refractivity contribution in [2.75, 3.05) is 0 Å². The van der Waals surface area contributed by atoms with E-state index >= 15 is 0 Å². The Morgan fingerprint density at radius 2 is 2.06 bits per heavy atom. The first-order valence-corrected chi connectivity index (χ1v) is 5.90. The Bertz CT molecular complexity index is 398. The SMILES string of the molecule is Cc1scc(CNC(=O)CCC(=O)O)c1C. The van der Waals surface area contributed by atoms with Crippen LogP contribution in [0.4, 0.5) is 0 Å². The van der Waals surface area contributed by atoms with E-state index in [-0.39, 0.29) is 18.7 Å². The number of aliphatic carboxylic acids is 1. The molecular weight excluding hydrogens is 226 g/mol. The first-order valence-electron chi connectivity index (χ1n) is 5.02. The molecule has 0 fully saturated rings. The second kappa shape index (κ2) is 5.65. The third-order valence-electron chi connectivity index (χ3n) is 2.43. The maximum atomic E-state index is 11.3. The van der Waals surface area contributed by atoms with Crippen LogP contribution in [0.25, 0.3) is 0 Å². The molecule has 0 saturated carbocycles. The van der Waals surface area contributed by atoms with E-state index in [1.807, 2.05) is 19.2 Å². The molecule has 88 valence electrons. The monoisotopic (exact) mass is 241 g/mol. The number of hydrogen-bond donors (Lipinski definition) is 2. The fourth-order valence-corrected chi connectivity index (χ4v) is 2.13. The molecule has 1 heterocycles. The summed E-state index contributed by atoms with van der Waals surface area (Å²) in [4.78, 5) is 22.8. The summed E-state index contributed by atoms with van der Waals surface area (Å²) in [6.07, 6.45) is -0.0784. The second-order valence-corrected chi connectivity index (χ2v) is 4.70. The van der Waals surface area contributed by atoms with E-state index in [4.69, 9.17) is 5.11 Å². The lowest BCUT2D eigenvalue weighted by atomic mass is 10.2. The fourth-order valence-electron chi connectivity index (χ4n) is 1.24. The van der Waals surface area contributed by atoms with Crippen molar-refractivity contribution < 1.29 is 14.7 Å². The van der Waals surface area contributed by atoms with Gasteiger partial charge in [-0.1, -0.05) is 0 Å². The zero-order valence-electron chi connectivity index (χ0n) is 9.37. The molecule has 0 spiro atoms. The standard InChI is InChI=1S/C11H15NO3S/c1-7-8(2)16-6-9(7)5-12-10(13)3-4-11(14)15/h6H,3-5H2,1-2H3,(H,12,13)(H,14,15). The Labute approximate surface area is 98.3 Å². The first-order chi connectivity index (χ1) is 7.50. The molecule has 5 heteroatoms. The van der Waals surface area contributed by atoms with Crippen LogP contribution in [0.2, 0.25) is 0 Å². The van der Waals surface area contributed by atoms with Gasteiger partial charge in [0.25, 0.3) is 0 Å². The molecular formula is C11H15NO3S. The number of aryl methyl sites for hydroxylation is 1. The quantitative estimate of drug-likeness (QED) is 0.826. The van der Waals surface area contributed by atoms with Crippen molar-refractivity contribution in [2.24, 2.45) is 0 Å². The van der Waals surface area contributed by atoms with Gasteiger partial charge in [0.2, 0.25) is 5.91 Å². The smallest absolute Gasteiger partial charge is 0.303 e. The topological polar surface area (TPSA) is 66.4 Å². The van der Waals surface area contributed by atoms with Gasteiger partial charge in [0.05, 0.1) is 6.42 Å². The van der Waals surface area contributed by atoms with Crippen molar-refractivity contribution in [3.8, 4) is 0 Å². The summed E-state index contributed by atoms with van der Waals surface area (Å²) in [6, 6.07) is 0. The molecule has 0 aromatic carbocycles. The Morgan fingerprint density at radius 3 is 2.56 bits per heavy atom. The number of hydrogen-bond acceptors (Lipinski definition) is 3. The van der Waals surface area contributed by atoms with Crippen LogP contribution >= 0.6 is 11.3 Å². The molecule has 1 aromatic heterocycles. The Balaban J connectivity index is 2.37. The van der Waals surface area contributed by atoms with Crippen molar-refractivity contribution in [3.05, 3.63) is 21.4 Å². The van der Waals surface area contributed by atoms with Gasteiger partial charge in [-0.05, 0) is 30.4 Å². The lowest BCUT2D eigenvalue weighted by Gasteiger charge is -2.04. The molecule has 1 rings (SSSR count). The average Bonchev–Trinajstić information content (AvgIpc) is 2.54. The number of carbonyl (C=O) groups is 2. The first kappa shape index (κ1) is 12.7. The van der Waals surface area contributed by atoms with Crippen LogP contribution in [0.1, 0.15) is 28.8 Å². The average molecular weight is 241 g/mol. The van der Waals surface area contributed by atoms with Crippen molar-refractivity contribution in [2.45, 2.75) is 33.2 Å². The van der Waals surface area contributed by atoms with E-state index in [1.54, 1.807) is 11.3 Å². The van der Waals surface area contributed by atoms with Crippen LogP contribution < -0.4 is 5.32 Å². The minimum absolute atomic E-state index is 0.0392. The van der Waals surface area contributed by atoms with Crippen molar-refractivity contribution in [1.29, 1.82) is 0 Å². The molecule has 0 atom stereocenters. The van der Waals surface area contributed by atoms with Crippen LogP contribution in [0.15, 0.2) is 5.38 Å². The molecule has 2 N–H and O–H groups in total. The van der Waals surface area contributed by atoms with Gasteiger partial charge in [-0.3, -0.25) is 9.59 Å². The van der Waals surface area contributed by atoms with Crippen molar-refractivity contribution in [3.63, 3.8) is 0 Å². The van der Waals surface area contributed by atoms with Gasteiger partial charge in [0.15, 0.2) is 0 Å². The molecule has 0 bridgehead atoms. The van der Waals surface area contributed by atoms with Crippen LogP contribution in [-0.4, -0.2) is 17.0 Å². The highest BCUT2D eigenvalue weighted by Gasteiger charge is 2.07. The second-order valence-electron chi connectivity index (χ2n) is 3.61. The molecule has 16 heavy (non-hydrogen) atoms. The number of rotatable bonds is 5. The van der Waals surface area contributed by atoms with E-state index in [0.717, 1.165) is 5.56 Å². The van der Waals surface area contributed by atoms with Gasteiger partial charge in [-0.2, -0.15) is 0 Å². The zero-order valence-corrected chi connectivity index (χ0v) is 10.2. The highest BCUT2D eigenvalue weighted by atomic mass is 32.1. The Morgan fingerprint density at radius 1 is 1.38 bits per heavy atom. The van der Waals surface area contributed by atoms with E-state index < -0.39 is 5.97 Å². The molecule has 0 unspecified atom stereocenters. The van der Waals surface area contributed by atoms with E-state index in [9.17, 15) is 9.59 Å². The van der Waals surface area contributed by atoms with Crippen molar-refractivity contribution in [1.82, 2.24) is 5.32 Å². The van der Waals surface area contributed by atoms with Crippen LogP contribution in [-0.2, 0) is 16.1 Å². The molecule has 0 radical (unpaired) electrons. The maximum absolute atomic E-state index is 11.3. The summed E-state index contributed by atoms with van der Waals surface area (Å²) in [7, 11) is 0. The zero-order chi connectivity index (χ0) is 12.1. The van der Waals surface area contributed by atoms with Crippen molar-refractivity contribution >= 4 is 23.2 Å². The van der Waals surface area contributed by atoms with Crippen LogP contribution in [0, 0.1) is 13.8 Å². The largest absolute Gasteiger partial charge is 0.481 e. The Hall–Kier alpha value is -1.36. The minimum Gasteiger partial charge on any atom is -0.481 e. The molecule has 1 aromatic rings.